The van der Waals surface area contributed by atoms with Crippen molar-refractivity contribution in [3.05, 3.63) is 16.7 Å². The quantitative estimate of drug-likeness (QED) is 0.760. The molecule has 18 heavy (non-hydrogen) atoms. The second kappa shape index (κ2) is 3.88. The smallest absolute Gasteiger partial charge is 0.231 e. The normalized spacial score (nSPS) is 17.7. The molecule has 0 saturated carbocycles. The van der Waals surface area contributed by atoms with Gasteiger partial charge >= 0.3 is 0 Å². The number of ether oxygens (including phenoxy) is 2. The van der Waals surface area contributed by atoms with E-state index < -0.39 is 0 Å². The number of benzene rings is 1. The van der Waals surface area contributed by atoms with Crippen LogP contribution in [0.25, 0.3) is 0 Å². The highest BCUT2D eigenvalue weighted by Crippen LogP contribution is 2.48. The lowest BCUT2D eigenvalue weighted by atomic mass is 9.90. The number of carbonyl (C=O) groups excluding carboxylic acids is 1. The molecule has 96 valence electrons. The van der Waals surface area contributed by atoms with E-state index in [2.05, 4.69) is 4.90 Å². The average Bonchev–Trinajstić information content (AvgIpc) is 2.79. The molecular formula is C13H15NO4. The van der Waals surface area contributed by atoms with E-state index in [1.54, 1.807) is 0 Å². The van der Waals surface area contributed by atoms with Crippen LogP contribution in [0, 0.1) is 0 Å². The van der Waals surface area contributed by atoms with Crippen LogP contribution in [0.1, 0.15) is 28.4 Å². The second-order valence-electron chi connectivity index (χ2n) is 4.79. The fourth-order valence-corrected chi connectivity index (χ4v) is 2.68. The van der Waals surface area contributed by atoms with Gasteiger partial charge < -0.3 is 19.5 Å². The van der Waals surface area contributed by atoms with Crippen molar-refractivity contribution in [2.75, 3.05) is 20.4 Å². The molecule has 5 nitrogen and oxygen atoms in total. The minimum absolute atomic E-state index is 0.0439. The molecule has 1 aromatic carbocycles. The maximum Gasteiger partial charge on any atom is 0.231 e. The zero-order valence-corrected chi connectivity index (χ0v) is 10.4. The van der Waals surface area contributed by atoms with Gasteiger partial charge in [-0.15, -0.1) is 0 Å². The molecule has 2 aliphatic rings. The summed E-state index contributed by atoms with van der Waals surface area (Å²) < 4.78 is 10.6. The summed E-state index contributed by atoms with van der Waals surface area (Å²) in [7, 11) is 1.99. The number of ketones is 1. The highest BCUT2D eigenvalue weighted by Gasteiger charge is 2.33. The van der Waals surface area contributed by atoms with E-state index in [0.717, 1.165) is 24.1 Å². The molecule has 5 heteroatoms. The number of rotatable bonds is 1. The summed E-state index contributed by atoms with van der Waals surface area (Å²) in [4.78, 5) is 13.9. The van der Waals surface area contributed by atoms with Gasteiger partial charge in [-0.3, -0.25) is 4.79 Å². The van der Waals surface area contributed by atoms with Crippen LogP contribution in [-0.4, -0.2) is 36.2 Å². The largest absolute Gasteiger partial charge is 0.504 e. The molecular weight excluding hydrogens is 234 g/mol. The van der Waals surface area contributed by atoms with Crippen LogP contribution in [0.2, 0.25) is 0 Å². The van der Waals surface area contributed by atoms with Crippen molar-refractivity contribution < 1.29 is 19.4 Å². The van der Waals surface area contributed by atoms with Crippen LogP contribution in [0.5, 0.6) is 17.2 Å². The van der Waals surface area contributed by atoms with E-state index in [1.807, 2.05) is 7.05 Å². The van der Waals surface area contributed by atoms with Crippen LogP contribution in [-0.2, 0) is 13.0 Å². The Balaban J connectivity index is 2.29. The van der Waals surface area contributed by atoms with Crippen molar-refractivity contribution in [1.29, 1.82) is 0 Å². The molecule has 0 saturated heterocycles. The molecule has 3 rings (SSSR count). The van der Waals surface area contributed by atoms with E-state index >= 15 is 0 Å². The number of aromatic hydroxyl groups is 1. The molecule has 0 spiro atoms. The predicted octanol–water partition coefficient (Wildman–Crippen LogP) is 1.31. The number of Topliss-reactive ketones (excluding diaryl/α,β-unsaturated/α-hetero) is 1. The molecule has 0 unspecified atom stereocenters. The number of likely N-dealkylation sites (N-methyl/N-ethyl adjacent to an activating group) is 1. The first kappa shape index (κ1) is 11.3. The predicted molar refractivity (Wildman–Crippen MR) is 64.3 cm³/mol. The van der Waals surface area contributed by atoms with Gasteiger partial charge in [0.25, 0.3) is 0 Å². The molecule has 0 bridgehead atoms. The zero-order valence-electron chi connectivity index (χ0n) is 10.4. The average molecular weight is 249 g/mol. The number of carbonyl (C=O) groups is 1. The van der Waals surface area contributed by atoms with Crippen molar-refractivity contribution in [2.24, 2.45) is 0 Å². The van der Waals surface area contributed by atoms with Gasteiger partial charge in [0.05, 0.1) is 5.56 Å². The van der Waals surface area contributed by atoms with Crippen molar-refractivity contribution in [1.82, 2.24) is 4.90 Å². The monoisotopic (exact) mass is 249 g/mol. The molecule has 0 aliphatic carbocycles. The second-order valence-corrected chi connectivity index (χ2v) is 4.79. The number of hydrogen-bond donors (Lipinski definition) is 1. The third-order valence-electron chi connectivity index (χ3n) is 3.53. The molecule has 0 atom stereocenters. The number of fused-ring (bicyclic) bond motifs is 2. The molecule has 0 amide bonds. The molecule has 1 aromatic rings. The Kier molecular flexibility index (Phi) is 2.45. The third kappa shape index (κ3) is 1.47. The minimum atomic E-state index is -0.0439. The fraction of sp³-hybridized carbons (Fsp3) is 0.462. The molecule has 2 heterocycles. The van der Waals surface area contributed by atoms with Crippen LogP contribution < -0.4 is 9.47 Å². The molecule has 2 aliphatic heterocycles. The first-order valence-corrected chi connectivity index (χ1v) is 5.95. The number of hydrogen-bond acceptors (Lipinski definition) is 5. The number of phenolic OH excluding ortho intramolecular Hbond substituents is 1. The lowest BCUT2D eigenvalue weighted by molar-refractivity contribution is 0.101. The Morgan fingerprint density at radius 2 is 2.00 bits per heavy atom. The molecule has 1 N–H and O–H groups in total. The molecule has 0 radical (unpaired) electrons. The topological polar surface area (TPSA) is 59.0 Å². The van der Waals surface area contributed by atoms with Gasteiger partial charge in [-0.1, -0.05) is 0 Å². The Bertz CT molecular complexity index is 539. The van der Waals surface area contributed by atoms with Crippen molar-refractivity contribution in [3.63, 3.8) is 0 Å². The highest BCUT2D eigenvalue weighted by molar-refractivity contribution is 6.00. The Labute approximate surface area is 105 Å². The van der Waals surface area contributed by atoms with Gasteiger partial charge in [-0.2, -0.15) is 0 Å². The minimum Gasteiger partial charge on any atom is -0.504 e. The molecule has 0 aromatic heterocycles. The summed E-state index contributed by atoms with van der Waals surface area (Å²) >= 11 is 0. The van der Waals surface area contributed by atoms with Gasteiger partial charge in [0.15, 0.2) is 17.3 Å². The first-order valence-electron chi connectivity index (χ1n) is 5.95. The van der Waals surface area contributed by atoms with Gasteiger partial charge in [-0.05, 0) is 26.0 Å². The van der Waals surface area contributed by atoms with Gasteiger partial charge in [-0.25, -0.2) is 0 Å². The summed E-state index contributed by atoms with van der Waals surface area (Å²) in [5.41, 5.74) is 2.27. The summed E-state index contributed by atoms with van der Waals surface area (Å²) in [5, 5.41) is 10.2. The SMILES string of the molecule is CC(=O)c1c2c(c(O)c3c1OCO3)CN(C)CC2. The van der Waals surface area contributed by atoms with Crippen LogP contribution in [0.4, 0.5) is 0 Å². The summed E-state index contributed by atoms with van der Waals surface area (Å²) in [6.07, 6.45) is 0.741. The fourth-order valence-electron chi connectivity index (χ4n) is 2.68. The standard InChI is InChI=1S/C13H15NO4/c1-7(15)10-8-3-4-14(2)5-9(8)11(16)13-12(10)17-6-18-13/h16H,3-6H2,1-2H3. The van der Waals surface area contributed by atoms with Gasteiger partial charge in [0.2, 0.25) is 12.5 Å². The van der Waals surface area contributed by atoms with E-state index in [0.29, 0.717) is 23.6 Å². The molecule has 0 fully saturated rings. The zero-order chi connectivity index (χ0) is 12.9. The number of phenols is 1. The lowest BCUT2D eigenvalue weighted by Crippen LogP contribution is -2.28. The number of nitrogens with zero attached hydrogens (tertiary/aromatic N) is 1. The van der Waals surface area contributed by atoms with Gasteiger partial charge in [0, 0.05) is 18.7 Å². The summed E-state index contributed by atoms with van der Waals surface area (Å²) in [6.45, 7) is 3.07. The van der Waals surface area contributed by atoms with Crippen LogP contribution in [0.3, 0.4) is 0 Å². The summed E-state index contributed by atoms with van der Waals surface area (Å²) in [5.74, 6) is 0.796. The lowest BCUT2D eigenvalue weighted by Gasteiger charge is -2.27. The van der Waals surface area contributed by atoms with Gasteiger partial charge in [0.1, 0.15) is 0 Å². The van der Waals surface area contributed by atoms with Crippen LogP contribution in [0.15, 0.2) is 0 Å². The third-order valence-corrected chi connectivity index (χ3v) is 3.53. The van der Waals surface area contributed by atoms with E-state index in [-0.39, 0.29) is 18.3 Å². The van der Waals surface area contributed by atoms with E-state index in [4.69, 9.17) is 9.47 Å². The maximum absolute atomic E-state index is 11.8. The Hall–Kier alpha value is -1.75. The highest BCUT2D eigenvalue weighted by atomic mass is 16.7. The van der Waals surface area contributed by atoms with Crippen molar-refractivity contribution in [2.45, 2.75) is 19.9 Å². The van der Waals surface area contributed by atoms with E-state index in [9.17, 15) is 9.90 Å². The Morgan fingerprint density at radius 3 is 2.72 bits per heavy atom. The maximum atomic E-state index is 11.8. The Morgan fingerprint density at radius 1 is 1.28 bits per heavy atom. The van der Waals surface area contributed by atoms with Crippen molar-refractivity contribution >= 4 is 5.78 Å². The van der Waals surface area contributed by atoms with E-state index in [1.165, 1.54) is 6.92 Å². The first-order chi connectivity index (χ1) is 8.59. The van der Waals surface area contributed by atoms with Crippen molar-refractivity contribution in [3.8, 4) is 17.2 Å². The summed E-state index contributed by atoms with van der Waals surface area (Å²) in [6, 6.07) is 0. The van der Waals surface area contributed by atoms with Crippen LogP contribution >= 0.6 is 0 Å².